The molecule has 0 aliphatic carbocycles. The van der Waals surface area contributed by atoms with Gasteiger partial charge in [0, 0.05) is 0 Å². The van der Waals surface area contributed by atoms with E-state index < -0.39 is 0 Å². The first kappa shape index (κ1) is 13.8. The van der Waals surface area contributed by atoms with Crippen LogP contribution in [0.3, 0.4) is 0 Å². The average Bonchev–Trinajstić information content (AvgIpc) is 2.46. The van der Waals surface area contributed by atoms with Gasteiger partial charge in [0.25, 0.3) is 0 Å². The Kier molecular flexibility index (Phi) is 4.11. The average molecular weight is 268 g/mol. The Labute approximate surface area is 118 Å². The zero-order valence-electron chi connectivity index (χ0n) is 11.5. The Morgan fingerprint density at radius 1 is 1.25 bits per heavy atom. The van der Waals surface area contributed by atoms with Crippen LogP contribution in [-0.2, 0) is 6.61 Å². The number of nitrogens with zero attached hydrogens (tertiary/aromatic N) is 1. The van der Waals surface area contributed by atoms with Gasteiger partial charge in [-0.25, -0.2) is 0 Å². The van der Waals surface area contributed by atoms with Crippen LogP contribution in [0.15, 0.2) is 36.4 Å². The number of hydrogen-bond donors (Lipinski definition) is 1. The summed E-state index contributed by atoms with van der Waals surface area (Å²) >= 11 is 0. The third-order valence-corrected chi connectivity index (χ3v) is 3.01. The first-order valence-electron chi connectivity index (χ1n) is 6.20. The molecule has 0 heterocycles. The summed E-state index contributed by atoms with van der Waals surface area (Å²) in [5, 5.41) is 9.06. The number of anilines is 1. The van der Waals surface area contributed by atoms with Crippen LogP contribution in [0, 0.1) is 18.3 Å². The maximum Gasteiger partial charge on any atom is 0.145 e. The van der Waals surface area contributed by atoms with Crippen LogP contribution >= 0.6 is 0 Å². The molecule has 20 heavy (non-hydrogen) atoms. The molecule has 0 aromatic heterocycles. The van der Waals surface area contributed by atoms with E-state index in [9.17, 15) is 0 Å². The standard InChI is InChI=1S/C16H16N2O2/c1-11-4-3-5-14(18)16(11)20-10-12-6-7-15(19-2)13(8-12)9-17/h3-8H,10,18H2,1-2H3. The van der Waals surface area contributed by atoms with Crippen molar-refractivity contribution in [1.82, 2.24) is 0 Å². The fraction of sp³-hybridized carbons (Fsp3) is 0.188. The molecule has 0 saturated carbocycles. The van der Waals surface area contributed by atoms with E-state index in [2.05, 4.69) is 6.07 Å². The van der Waals surface area contributed by atoms with Gasteiger partial charge in [0.2, 0.25) is 0 Å². The molecule has 0 aliphatic heterocycles. The van der Waals surface area contributed by atoms with Gasteiger partial charge in [0.15, 0.2) is 0 Å². The number of aryl methyl sites for hydroxylation is 1. The number of methoxy groups -OCH3 is 1. The Hall–Kier alpha value is -2.67. The lowest BCUT2D eigenvalue weighted by atomic mass is 10.1. The zero-order valence-corrected chi connectivity index (χ0v) is 11.5. The number of hydrogen-bond acceptors (Lipinski definition) is 4. The van der Waals surface area contributed by atoms with Crippen molar-refractivity contribution < 1.29 is 9.47 Å². The number of nitrogens with two attached hydrogens (primary N) is 1. The van der Waals surface area contributed by atoms with Gasteiger partial charge >= 0.3 is 0 Å². The molecule has 2 aromatic rings. The molecule has 0 radical (unpaired) electrons. The number of nitrogen functional groups attached to an aromatic ring is 1. The van der Waals surface area contributed by atoms with E-state index in [1.54, 1.807) is 25.3 Å². The smallest absolute Gasteiger partial charge is 0.145 e. The van der Waals surface area contributed by atoms with E-state index >= 15 is 0 Å². The van der Waals surface area contributed by atoms with Crippen molar-refractivity contribution in [3.05, 3.63) is 53.1 Å². The molecule has 4 heteroatoms. The third-order valence-electron chi connectivity index (χ3n) is 3.01. The van der Waals surface area contributed by atoms with Gasteiger partial charge in [-0.05, 0) is 36.2 Å². The SMILES string of the molecule is COc1ccc(COc2c(C)cccc2N)cc1C#N. The molecule has 0 unspecified atom stereocenters. The van der Waals surface area contributed by atoms with Gasteiger partial charge in [-0.1, -0.05) is 18.2 Å². The van der Waals surface area contributed by atoms with Gasteiger partial charge in [-0.15, -0.1) is 0 Å². The summed E-state index contributed by atoms with van der Waals surface area (Å²) < 4.78 is 10.9. The van der Waals surface area contributed by atoms with E-state index in [-0.39, 0.29) is 0 Å². The Morgan fingerprint density at radius 2 is 2.05 bits per heavy atom. The highest BCUT2D eigenvalue weighted by atomic mass is 16.5. The van der Waals surface area contributed by atoms with Crippen molar-refractivity contribution in [2.24, 2.45) is 0 Å². The maximum atomic E-state index is 9.06. The summed E-state index contributed by atoms with van der Waals surface area (Å²) in [5.41, 5.74) is 8.87. The van der Waals surface area contributed by atoms with Crippen molar-refractivity contribution >= 4 is 5.69 Å². The van der Waals surface area contributed by atoms with Crippen molar-refractivity contribution in [2.45, 2.75) is 13.5 Å². The topological polar surface area (TPSA) is 68.3 Å². The summed E-state index contributed by atoms with van der Waals surface area (Å²) in [6.45, 7) is 2.30. The highest BCUT2D eigenvalue weighted by molar-refractivity contribution is 5.56. The maximum absolute atomic E-state index is 9.06. The molecule has 4 nitrogen and oxygen atoms in total. The molecule has 0 amide bonds. The molecule has 2 N–H and O–H groups in total. The van der Waals surface area contributed by atoms with Crippen LogP contribution < -0.4 is 15.2 Å². The Balaban J connectivity index is 2.18. The summed E-state index contributed by atoms with van der Waals surface area (Å²) in [7, 11) is 1.54. The number of ether oxygens (including phenoxy) is 2. The normalized spacial score (nSPS) is 9.85. The molecule has 2 rings (SSSR count). The van der Waals surface area contributed by atoms with E-state index in [0.717, 1.165) is 11.1 Å². The van der Waals surface area contributed by atoms with Crippen molar-refractivity contribution in [2.75, 3.05) is 12.8 Å². The molecular weight excluding hydrogens is 252 g/mol. The summed E-state index contributed by atoms with van der Waals surface area (Å²) in [6, 6.07) is 13.1. The number of para-hydroxylation sites is 1. The molecule has 0 spiro atoms. The van der Waals surface area contributed by atoms with E-state index in [1.807, 2.05) is 25.1 Å². The van der Waals surface area contributed by atoms with Crippen molar-refractivity contribution in [1.29, 1.82) is 5.26 Å². The Bertz CT molecular complexity index is 640. The third kappa shape index (κ3) is 2.83. The molecule has 0 aliphatic rings. The molecule has 2 aromatic carbocycles. The van der Waals surface area contributed by atoms with E-state index in [1.165, 1.54) is 0 Å². The second-order valence-electron chi connectivity index (χ2n) is 4.43. The summed E-state index contributed by atoms with van der Waals surface area (Å²) in [4.78, 5) is 0. The minimum atomic E-state index is 0.355. The second-order valence-corrected chi connectivity index (χ2v) is 4.43. The largest absolute Gasteiger partial charge is 0.495 e. The predicted molar refractivity (Wildman–Crippen MR) is 77.6 cm³/mol. The molecule has 0 fully saturated rings. The fourth-order valence-electron chi connectivity index (χ4n) is 1.96. The lowest BCUT2D eigenvalue weighted by Crippen LogP contribution is -2.01. The zero-order chi connectivity index (χ0) is 14.5. The number of rotatable bonds is 4. The van der Waals surface area contributed by atoms with Crippen LogP contribution in [0.25, 0.3) is 0 Å². The minimum Gasteiger partial charge on any atom is -0.495 e. The Morgan fingerprint density at radius 3 is 2.70 bits per heavy atom. The monoisotopic (exact) mass is 268 g/mol. The molecular formula is C16H16N2O2. The number of benzene rings is 2. The van der Waals surface area contributed by atoms with E-state index in [4.69, 9.17) is 20.5 Å². The van der Waals surface area contributed by atoms with Crippen LogP contribution in [0.1, 0.15) is 16.7 Å². The second kappa shape index (κ2) is 5.98. The van der Waals surface area contributed by atoms with E-state index in [0.29, 0.717) is 29.4 Å². The van der Waals surface area contributed by atoms with Crippen LogP contribution in [-0.4, -0.2) is 7.11 Å². The molecule has 102 valence electrons. The quantitative estimate of drug-likeness (QED) is 0.865. The van der Waals surface area contributed by atoms with Gasteiger partial charge < -0.3 is 15.2 Å². The molecule has 0 saturated heterocycles. The van der Waals surface area contributed by atoms with Crippen LogP contribution in [0.2, 0.25) is 0 Å². The highest BCUT2D eigenvalue weighted by Crippen LogP contribution is 2.27. The number of nitriles is 1. The lowest BCUT2D eigenvalue weighted by Gasteiger charge is -2.12. The minimum absolute atomic E-state index is 0.355. The van der Waals surface area contributed by atoms with Gasteiger partial charge in [0.05, 0.1) is 18.4 Å². The molecule has 0 bridgehead atoms. The summed E-state index contributed by atoms with van der Waals surface area (Å²) in [6.07, 6.45) is 0. The lowest BCUT2D eigenvalue weighted by molar-refractivity contribution is 0.305. The fourth-order valence-corrected chi connectivity index (χ4v) is 1.96. The van der Waals surface area contributed by atoms with Crippen LogP contribution in [0.4, 0.5) is 5.69 Å². The predicted octanol–water partition coefficient (Wildman–Crippen LogP) is 3.04. The first-order chi connectivity index (χ1) is 9.65. The van der Waals surface area contributed by atoms with Crippen molar-refractivity contribution in [3.8, 4) is 17.6 Å². The summed E-state index contributed by atoms with van der Waals surface area (Å²) in [5.74, 6) is 1.24. The van der Waals surface area contributed by atoms with Gasteiger partial charge in [-0.2, -0.15) is 5.26 Å². The van der Waals surface area contributed by atoms with Crippen LogP contribution in [0.5, 0.6) is 11.5 Å². The van der Waals surface area contributed by atoms with Crippen molar-refractivity contribution in [3.63, 3.8) is 0 Å². The highest BCUT2D eigenvalue weighted by Gasteiger charge is 2.07. The first-order valence-corrected chi connectivity index (χ1v) is 6.20. The van der Waals surface area contributed by atoms with Gasteiger partial charge in [0.1, 0.15) is 24.2 Å². The van der Waals surface area contributed by atoms with Gasteiger partial charge in [-0.3, -0.25) is 0 Å². The molecule has 0 atom stereocenters.